The van der Waals surface area contributed by atoms with Gasteiger partial charge in [0.1, 0.15) is 12.1 Å². The van der Waals surface area contributed by atoms with Gasteiger partial charge in [-0.25, -0.2) is 14.8 Å². The van der Waals surface area contributed by atoms with E-state index in [1.165, 1.54) is 12.4 Å². The maximum Gasteiger partial charge on any atom is 0.354 e. The molecule has 1 heterocycles. The number of aromatic carboxylic acids is 1. The maximum absolute atomic E-state index is 10.7. The van der Waals surface area contributed by atoms with Crippen LogP contribution in [-0.2, 0) is 0 Å². The number of hydrogen-bond acceptors (Lipinski definition) is 4. The molecule has 5 heteroatoms. The standard InChI is InChI=1S/C12H11N3O2/c1-8-2-4-9(5-3-8)15-11-6-10(12(16)17)13-7-14-11/h2-7H,1H3,(H,16,17)(H,13,14,15). The molecule has 0 saturated carbocycles. The topological polar surface area (TPSA) is 75.1 Å². The molecular formula is C12H11N3O2. The molecule has 0 aliphatic rings. The third kappa shape index (κ3) is 2.78. The summed E-state index contributed by atoms with van der Waals surface area (Å²) in [6.45, 7) is 2.00. The van der Waals surface area contributed by atoms with Gasteiger partial charge in [-0.15, -0.1) is 0 Å². The SMILES string of the molecule is Cc1ccc(Nc2cc(C(=O)O)ncn2)cc1. The van der Waals surface area contributed by atoms with E-state index in [1.54, 1.807) is 0 Å². The first kappa shape index (κ1) is 11.1. The van der Waals surface area contributed by atoms with Crippen LogP contribution >= 0.6 is 0 Å². The van der Waals surface area contributed by atoms with Gasteiger partial charge in [-0.3, -0.25) is 0 Å². The van der Waals surface area contributed by atoms with E-state index in [0.29, 0.717) is 5.82 Å². The van der Waals surface area contributed by atoms with Crippen LogP contribution < -0.4 is 5.32 Å². The Kier molecular flexibility index (Phi) is 3.00. The molecule has 0 fully saturated rings. The summed E-state index contributed by atoms with van der Waals surface area (Å²) in [6, 6.07) is 9.11. The molecule has 0 amide bonds. The normalized spacial score (nSPS) is 9.94. The Bertz CT molecular complexity index is 538. The van der Waals surface area contributed by atoms with Gasteiger partial charge in [0.2, 0.25) is 0 Å². The molecule has 1 aromatic carbocycles. The largest absolute Gasteiger partial charge is 0.477 e. The Balaban J connectivity index is 2.21. The predicted molar refractivity (Wildman–Crippen MR) is 63.5 cm³/mol. The van der Waals surface area contributed by atoms with Crippen molar-refractivity contribution in [1.82, 2.24) is 9.97 Å². The average molecular weight is 229 g/mol. The third-order valence-electron chi connectivity index (χ3n) is 2.21. The minimum Gasteiger partial charge on any atom is -0.477 e. The molecule has 0 spiro atoms. The van der Waals surface area contributed by atoms with Gasteiger partial charge >= 0.3 is 5.97 Å². The summed E-state index contributed by atoms with van der Waals surface area (Å²) >= 11 is 0. The number of carboxylic acids is 1. The monoisotopic (exact) mass is 229 g/mol. The molecule has 1 aromatic heterocycles. The highest BCUT2D eigenvalue weighted by Gasteiger charge is 2.05. The second-order valence-corrected chi connectivity index (χ2v) is 3.58. The molecule has 0 unspecified atom stereocenters. The summed E-state index contributed by atoms with van der Waals surface area (Å²) in [5.41, 5.74) is 1.98. The number of carboxylic acid groups (broad SMARTS) is 1. The van der Waals surface area contributed by atoms with Crippen molar-refractivity contribution in [3.8, 4) is 0 Å². The third-order valence-corrected chi connectivity index (χ3v) is 2.21. The van der Waals surface area contributed by atoms with Crippen LogP contribution in [0.5, 0.6) is 0 Å². The van der Waals surface area contributed by atoms with Crippen molar-refractivity contribution in [2.24, 2.45) is 0 Å². The van der Waals surface area contributed by atoms with Gasteiger partial charge in [-0.05, 0) is 19.1 Å². The highest BCUT2D eigenvalue weighted by molar-refractivity contribution is 5.86. The van der Waals surface area contributed by atoms with E-state index in [2.05, 4.69) is 15.3 Å². The van der Waals surface area contributed by atoms with Gasteiger partial charge in [0, 0.05) is 11.8 Å². The summed E-state index contributed by atoms with van der Waals surface area (Å²) < 4.78 is 0. The van der Waals surface area contributed by atoms with E-state index >= 15 is 0 Å². The van der Waals surface area contributed by atoms with Crippen molar-refractivity contribution in [1.29, 1.82) is 0 Å². The molecule has 2 rings (SSSR count). The number of rotatable bonds is 3. The first-order valence-corrected chi connectivity index (χ1v) is 5.04. The van der Waals surface area contributed by atoms with Crippen LogP contribution in [0, 0.1) is 6.92 Å². The number of anilines is 2. The number of aromatic nitrogens is 2. The zero-order valence-electron chi connectivity index (χ0n) is 9.21. The van der Waals surface area contributed by atoms with E-state index in [9.17, 15) is 4.79 Å². The van der Waals surface area contributed by atoms with Crippen molar-refractivity contribution in [2.75, 3.05) is 5.32 Å². The number of nitrogens with zero attached hydrogens (tertiary/aromatic N) is 2. The number of carbonyl (C=O) groups is 1. The van der Waals surface area contributed by atoms with E-state index in [0.717, 1.165) is 11.3 Å². The van der Waals surface area contributed by atoms with Gasteiger partial charge in [0.25, 0.3) is 0 Å². The fraction of sp³-hybridized carbons (Fsp3) is 0.0833. The molecule has 0 radical (unpaired) electrons. The second-order valence-electron chi connectivity index (χ2n) is 3.58. The van der Waals surface area contributed by atoms with Crippen LogP contribution in [0.3, 0.4) is 0 Å². The highest BCUT2D eigenvalue weighted by atomic mass is 16.4. The quantitative estimate of drug-likeness (QED) is 0.844. The first-order chi connectivity index (χ1) is 8.15. The summed E-state index contributed by atoms with van der Waals surface area (Å²) in [4.78, 5) is 18.3. The highest BCUT2D eigenvalue weighted by Crippen LogP contribution is 2.15. The molecule has 5 nitrogen and oxygen atoms in total. The van der Waals surface area contributed by atoms with Gasteiger partial charge in [-0.1, -0.05) is 17.7 Å². The predicted octanol–water partition coefficient (Wildman–Crippen LogP) is 2.23. The van der Waals surface area contributed by atoms with Crippen LogP contribution in [0.25, 0.3) is 0 Å². The minimum atomic E-state index is -1.07. The van der Waals surface area contributed by atoms with Crippen LogP contribution in [-0.4, -0.2) is 21.0 Å². The minimum absolute atomic E-state index is 0.0328. The summed E-state index contributed by atoms with van der Waals surface area (Å²) in [7, 11) is 0. The van der Waals surface area contributed by atoms with Crippen molar-refractivity contribution in [2.45, 2.75) is 6.92 Å². The Morgan fingerprint density at radius 1 is 1.24 bits per heavy atom. The van der Waals surface area contributed by atoms with Crippen LogP contribution in [0.15, 0.2) is 36.7 Å². The fourth-order valence-electron chi connectivity index (χ4n) is 1.33. The molecule has 2 N–H and O–H groups in total. The lowest BCUT2D eigenvalue weighted by Gasteiger charge is -2.05. The fourth-order valence-corrected chi connectivity index (χ4v) is 1.33. The summed E-state index contributed by atoms with van der Waals surface area (Å²) in [6.07, 6.45) is 1.22. The molecule has 17 heavy (non-hydrogen) atoms. The number of benzene rings is 1. The smallest absolute Gasteiger partial charge is 0.354 e. The van der Waals surface area contributed by atoms with Crippen LogP contribution in [0.4, 0.5) is 11.5 Å². The molecule has 0 saturated heterocycles. The Morgan fingerprint density at radius 3 is 2.59 bits per heavy atom. The summed E-state index contributed by atoms with van der Waals surface area (Å²) in [5.74, 6) is -0.611. The van der Waals surface area contributed by atoms with Gasteiger partial charge in [0.15, 0.2) is 5.69 Å². The molecule has 2 aromatic rings. The number of aryl methyl sites for hydroxylation is 1. The second kappa shape index (κ2) is 4.61. The van der Waals surface area contributed by atoms with E-state index in [4.69, 9.17) is 5.11 Å². The van der Waals surface area contributed by atoms with Crippen molar-refractivity contribution < 1.29 is 9.90 Å². The van der Waals surface area contributed by atoms with Gasteiger partial charge in [0.05, 0.1) is 0 Å². The lowest BCUT2D eigenvalue weighted by atomic mass is 10.2. The van der Waals surface area contributed by atoms with E-state index in [1.807, 2.05) is 31.2 Å². The average Bonchev–Trinajstić information content (AvgIpc) is 2.32. The lowest BCUT2D eigenvalue weighted by molar-refractivity contribution is 0.0690. The Labute approximate surface area is 98.2 Å². The number of nitrogens with one attached hydrogen (secondary N) is 1. The zero-order valence-corrected chi connectivity index (χ0v) is 9.21. The first-order valence-electron chi connectivity index (χ1n) is 5.04. The summed E-state index contributed by atoms with van der Waals surface area (Å²) in [5, 5.41) is 11.8. The van der Waals surface area contributed by atoms with E-state index in [-0.39, 0.29) is 5.69 Å². The molecular weight excluding hydrogens is 218 g/mol. The number of hydrogen-bond donors (Lipinski definition) is 2. The van der Waals surface area contributed by atoms with Gasteiger partial charge in [-0.2, -0.15) is 0 Å². The Hall–Kier alpha value is -2.43. The van der Waals surface area contributed by atoms with Gasteiger partial charge < -0.3 is 10.4 Å². The van der Waals surface area contributed by atoms with Crippen LogP contribution in [0.1, 0.15) is 16.1 Å². The van der Waals surface area contributed by atoms with Crippen molar-refractivity contribution >= 4 is 17.5 Å². The van der Waals surface area contributed by atoms with Crippen molar-refractivity contribution in [3.05, 3.63) is 47.9 Å². The Morgan fingerprint density at radius 2 is 1.94 bits per heavy atom. The van der Waals surface area contributed by atoms with Crippen molar-refractivity contribution in [3.63, 3.8) is 0 Å². The maximum atomic E-state index is 10.7. The molecule has 0 aliphatic carbocycles. The molecule has 0 atom stereocenters. The molecule has 0 bridgehead atoms. The zero-order chi connectivity index (χ0) is 12.3. The molecule has 86 valence electrons. The van der Waals surface area contributed by atoms with Crippen LogP contribution in [0.2, 0.25) is 0 Å². The van der Waals surface area contributed by atoms with E-state index < -0.39 is 5.97 Å². The lowest BCUT2D eigenvalue weighted by Crippen LogP contribution is -2.02. The molecule has 0 aliphatic heterocycles.